The molecule has 4 aromatic rings. The Morgan fingerprint density at radius 1 is 0.932 bits per heavy atom. The van der Waals surface area contributed by atoms with E-state index in [1.54, 1.807) is 31.2 Å². The Kier molecular flexibility index (Phi) is 8.90. The van der Waals surface area contributed by atoms with Crippen molar-refractivity contribution in [2.45, 2.75) is 61.6 Å². The summed E-state index contributed by atoms with van der Waals surface area (Å²) < 4.78 is 35.0. The lowest BCUT2D eigenvalue weighted by Crippen LogP contribution is -2.42. The van der Waals surface area contributed by atoms with Crippen LogP contribution in [0.4, 0.5) is 5.69 Å². The van der Waals surface area contributed by atoms with Gasteiger partial charge in [-0.25, -0.2) is 13.2 Å². The third-order valence-electron chi connectivity index (χ3n) is 7.69. The maximum atomic E-state index is 14.4. The monoisotopic (exact) mass is 628 g/mol. The number of esters is 1. The lowest BCUT2D eigenvalue weighted by Gasteiger charge is -2.24. The van der Waals surface area contributed by atoms with Gasteiger partial charge >= 0.3 is 5.97 Å². The molecule has 3 aromatic carbocycles. The van der Waals surface area contributed by atoms with E-state index < -0.39 is 27.0 Å². The van der Waals surface area contributed by atoms with Crippen molar-refractivity contribution in [2.24, 2.45) is 0 Å². The molecular weight excluding hydrogens is 593 g/mol. The fraction of sp³-hybridized carbons (Fsp3) is 0.257. The molecule has 0 spiro atoms. The van der Waals surface area contributed by atoms with E-state index in [0.29, 0.717) is 11.5 Å². The molecule has 0 amide bonds. The average molecular weight is 629 g/mol. The molecule has 1 aliphatic rings. The van der Waals surface area contributed by atoms with Crippen molar-refractivity contribution in [3.05, 3.63) is 112 Å². The quantitative estimate of drug-likeness (QED) is 0.247. The number of carbonyl (C=O) groups is 2. The van der Waals surface area contributed by atoms with Gasteiger partial charge in [0.15, 0.2) is 5.03 Å². The number of rotatable bonds is 8. The number of nitrogens with two attached hydrogens (primary N) is 1. The standard InChI is InChI=1S/C35H36N2O5S2/c1-6-42-35(39)32-30-28(20-23-12-14-24(15-13-23)21(2)3)29(36)34(44(40,41)27-10-8-7-9-11-27)37(30)33(38)31(43-32)26-18-16-25(17-19-26)22(4)5/h7-22,31H,6,36H2,1-5H3/b28-20+/t31-/m1/s1. The molecule has 9 heteroatoms. The van der Waals surface area contributed by atoms with Gasteiger partial charge in [0, 0.05) is 5.22 Å². The van der Waals surface area contributed by atoms with Crippen LogP contribution in [0.3, 0.4) is 0 Å². The van der Waals surface area contributed by atoms with E-state index in [-0.39, 0.29) is 43.6 Å². The molecule has 0 radical (unpaired) electrons. The fourth-order valence-electron chi connectivity index (χ4n) is 5.23. The van der Waals surface area contributed by atoms with Crippen LogP contribution in [-0.4, -0.2) is 31.5 Å². The highest BCUT2D eigenvalue weighted by atomic mass is 32.2. The summed E-state index contributed by atoms with van der Waals surface area (Å²) in [6, 6.07) is 23.2. The minimum Gasteiger partial charge on any atom is -0.462 e. The summed E-state index contributed by atoms with van der Waals surface area (Å²) in [6.45, 7) is 10.1. The second kappa shape index (κ2) is 12.5. The second-order valence-corrected chi connectivity index (χ2v) is 14.3. The van der Waals surface area contributed by atoms with Crippen molar-refractivity contribution in [3.63, 3.8) is 0 Å². The normalized spacial score (nSPS) is 15.6. The average Bonchev–Trinajstić information content (AvgIpc) is 3.31. The number of hydrogen-bond acceptors (Lipinski definition) is 7. The number of fused-ring (bicyclic) bond motifs is 1. The van der Waals surface area contributed by atoms with Crippen LogP contribution in [0, 0.1) is 0 Å². The van der Waals surface area contributed by atoms with Gasteiger partial charge in [-0.2, -0.15) is 0 Å². The molecule has 0 unspecified atom stereocenters. The molecule has 0 aliphatic carbocycles. The van der Waals surface area contributed by atoms with Crippen LogP contribution in [0.15, 0.2) is 88.8 Å². The first-order valence-corrected chi connectivity index (χ1v) is 17.0. The zero-order valence-electron chi connectivity index (χ0n) is 25.4. The molecule has 2 N–H and O–H groups in total. The van der Waals surface area contributed by atoms with Gasteiger partial charge in [0.1, 0.15) is 10.2 Å². The highest BCUT2D eigenvalue weighted by molar-refractivity contribution is 8.10. The molecule has 228 valence electrons. The van der Waals surface area contributed by atoms with Gasteiger partial charge in [0.2, 0.25) is 15.7 Å². The summed E-state index contributed by atoms with van der Waals surface area (Å²) in [5, 5.41) is -0.875. The van der Waals surface area contributed by atoms with Crippen LogP contribution in [0.2, 0.25) is 0 Å². The summed E-state index contributed by atoms with van der Waals surface area (Å²) in [6.07, 6.45) is 1.72. The number of thioether (sulfide) groups is 1. The van der Waals surface area contributed by atoms with Crippen molar-refractivity contribution >= 4 is 50.1 Å². The highest BCUT2D eigenvalue weighted by Gasteiger charge is 2.40. The van der Waals surface area contributed by atoms with E-state index in [1.807, 2.05) is 48.5 Å². The molecule has 1 aromatic heterocycles. The minimum absolute atomic E-state index is 0.0126. The Morgan fingerprint density at radius 3 is 2.05 bits per heavy atom. The van der Waals surface area contributed by atoms with Crippen LogP contribution in [0.5, 0.6) is 0 Å². The first kappa shape index (κ1) is 31.3. The number of nitrogen functional groups attached to an aromatic ring is 1. The Labute approximate surface area is 262 Å². The number of benzene rings is 3. The van der Waals surface area contributed by atoms with Gasteiger partial charge in [0.25, 0.3) is 0 Å². The molecule has 5 rings (SSSR count). The third-order valence-corrected chi connectivity index (χ3v) is 10.8. The zero-order chi connectivity index (χ0) is 31.8. The van der Waals surface area contributed by atoms with Crippen LogP contribution < -0.4 is 16.3 Å². The summed E-state index contributed by atoms with van der Waals surface area (Å²) >= 11 is 1.06. The number of carbonyl (C=O) groups excluding carboxylic acids is 2. The molecule has 2 heterocycles. The van der Waals surface area contributed by atoms with Crippen LogP contribution >= 0.6 is 11.8 Å². The summed E-state index contributed by atoms with van der Waals surface area (Å²) in [5.74, 6) is -0.553. The Morgan fingerprint density at radius 2 is 1.50 bits per heavy atom. The van der Waals surface area contributed by atoms with Gasteiger partial charge in [0.05, 0.1) is 22.5 Å². The van der Waals surface area contributed by atoms with Crippen molar-refractivity contribution in [1.82, 2.24) is 4.57 Å². The van der Waals surface area contributed by atoms with Gasteiger partial charge in [-0.15, -0.1) is 0 Å². The highest BCUT2D eigenvalue weighted by Crippen LogP contribution is 2.41. The topological polar surface area (TPSA) is 108 Å². The lowest BCUT2D eigenvalue weighted by atomic mass is 10.0. The maximum Gasteiger partial charge on any atom is 0.346 e. The van der Waals surface area contributed by atoms with E-state index in [1.165, 1.54) is 12.1 Å². The SMILES string of the molecule is CCOC(=O)C1=c2/c(=C/c3ccc(C(C)C)cc3)c(N)c(S(=O)(=O)c3ccccc3)n2C(=O)[C@@H](c2ccc(C(C)C)cc2)S1. The van der Waals surface area contributed by atoms with Crippen molar-refractivity contribution in [3.8, 4) is 0 Å². The molecule has 7 nitrogen and oxygen atoms in total. The van der Waals surface area contributed by atoms with Gasteiger partial charge < -0.3 is 10.5 Å². The molecule has 1 atom stereocenters. The van der Waals surface area contributed by atoms with Crippen LogP contribution in [0.25, 0.3) is 11.0 Å². The van der Waals surface area contributed by atoms with Crippen LogP contribution in [0.1, 0.15) is 78.8 Å². The first-order chi connectivity index (χ1) is 20.9. The number of anilines is 1. The van der Waals surface area contributed by atoms with Gasteiger partial charge in [-0.3, -0.25) is 9.36 Å². The smallest absolute Gasteiger partial charge is 0.346 e. The zero-order valence-corrected chi connectivity index (χ0v) is 27.0. The van der Waals surface area contributed by atoms with Crippen molar-refractivity contribution in [1.29, 1.82) is 0 Å². The predicted octanol–water partition coefficient (Wildman–Crippen LogP) is 5.78. The van der Waals surface area contributed by atoms with E-state index >= 15 is 0 Å². The molecule has 0 saturated heterocycles. The van der Waals surface area contributed by atoms with Crippen LogP contribution in [-0.2, 0) is 19.4 Å². The van der Waals surface area contributed by atoms with E-state index in [2.05, 4.69) is 27.7 Å². The predicted molar refractivity (Wildman–Crippen MR) is 176 cm³/mol. The third kappa shape index (κ3) is 5.74. The van der Waals surface area contributed by atoms with Crippen molar-refractivity contribution < 1.29 is 22.7 Å². The number of sulfone groups is 1. The van der Waals surface area contributed by atoms with Crippen molar-refractivity contribution in [2.75, 3.05) is 12.3 Å². The molecule has 0 saturated carbocycles. The fourth-order valence-corrected chi connectivity index (χ4v) is 8.00. The number of ether oxygens (including phenoxy) is 1. The molecule has 0 bridgehead atoms. The second-order valence-electron chi connectivity index (χ2n) is 11.3. The summed E-state index contributed by atoms with van der Waals surface area (Å²) in [4.78, 5) is 28.1. The molecule has 1 aliphatic heterocycles. The lowest BCUT2D eigenvalue weighted by molar-refractivity contribution is -0.135. The van der Waals surface area contributed by atoms with Gasteiger partial charge in [-0.1, -0.05) is 106 Å². The number of aromatic nitrogens is 1. The largest absolute Gasteiger partial charge is 0.462 e. The first-order valence-electron chi connectivity index (χ1n) is 14.6. The summed E-state index contributed by atoms with van der Waals surface area (Å²) in [5.41, 5.74) is 10.2. The Balaban J connectivity index is 1.86. The Hall–Kier alpha value is -4.08. The molecule has 44 heavy (non-hydrogen) atoms. The number of nitrogens with zero attached hydrogens (tertiary/aromatic N) is 1. The van der Waals surface area contributed by atoms with Gasteiger partial charge in [-0.05, 0) is 59.2 Å². The molecular formula is C35H36N2O5S2. The maximum absolute atomic E-state index is 14.4. The Bertz CT molecular complexity index is 1940. The number of hydrogen-bond donors (Lipinski definition) is 1. The minimum atomic E-state index is -4.30. The summed E-state index contributed by atoms with van der Waals surface area (Å²) in [7, 11) is -4.30. The van der Waals surface area contributed by atoms with E-state index in [4.69, 9.17) is 10.5 Å². The van der Waals surface area contributed by atoms with E-state index in [9.17, 15) is 18.0 Å². The van der Waals surface area contributed by atoms with E-state index in [0.717, 1.165) is 33.0 Å². The molecule has 0 fully saturated rings.